The molecule has 3 nitrogen and oxygen atoms in total. The zero-order valence-electron chi connectivity index (χ0n) is 10.0. The number of nitrogens with zero attached hydrogens (tertiary/aromatic N) is 3. The molecule has 0 aliphatic rings. The molecule has 0 aliphatic carbocycles. The van der Waals surface area contributed by atoms with Gasteiger partial charge in [0.1, 0.15) is 6.07 Å². The quantitative estimate of drug-likeness (QED) is 0.474. The van der Waals surface area contributed by atoms with Gasteiger partial charge in [0.15, 0.2) is 5.65 Å². The van der Waals surface area contributed by atoms with Crippen LogP contribution in [0.25, 0.3) is 27.6 Å². The lowest BCUT2D eigenvalue weighted by Gasteiger charge is -2.04. The number of hydrogen-bond donors (Lipinski definition) is 0. The van der Waals surface area contributed by atoms with Crippen molar-refractivity contribution in [3.05, 3.63) is 60.2 Å². The van der Waals surface area contributed by atoms with Crippen molar-refractivity contribution in [2.45, 2.75) is 0 Å². The number of pyridine rings is 1. The van der Waals surface area contributed by atoms with E-state index in [-0.39, 0.29) is 0 Å². The van der Waals surface area contributed by atoms with Crippen LogP contribution in [-0.2, 0) is 0 Å². The highest BCUT2D eigenvalue weighted by Gasteiger charge is 2.11. The average Bonchev–Trinajstić information content (AvgIpc) is 2.86. The first kappa shape index (κ1) is 10.1. The van der Waals surface area contributed by atoms with Gasteiger partial charge in [0.25, 0.3) is 0 Å². The third-order valence-corrected chi connectivity index (χ3v) is 3.40. The number of imidazole rings is 1. The van der Waals surface area contributed by atoms with E-state index < -0.39 is 0 Å². The summed E-state index contributed by atoms with van der Waals surface area (Å²) in [4.78, 5) is 4.58. The minimum atomic E-state index is 0.606. The summed E-state index contributed by atoms with van der Waals surface area (Å²) in [7, 11) is 0. The maximum absolute atomic E-state index is 9.32. The van der Waals surface area contributed by atoms with Crippen molar-refractivity contribution >= 4 is 27.6 Å². The third kappa shape index (κ3) is 1.28. The van der Waals surface area contributed by atoms with E-state index in [0.29, 0.717) is 5.56 Å². The topological polar surface area (TPSA) is 41.1 Å². The van der Waals surface area contributed by atoms with Crippen molar-refractivity contribution in [2.75, 3.05) is 0 Å². The van der Waals surface area contributed by atoms with Crippen LogP contribution in [0.1, 0.15) is 5.56 Å². The van der Waals surface area contributed by atoms with Crippen LogP contribution in [0.4, 0.5) is 0 Å². The Morgan fingerprint density at radius 2 is 1.68 bits per heavy atom. The Labute approximate surface area is 109 Å². The van der Waals surface area contributed by atoms with E-state index in [1.54, 1.807) is 0 Å². The molecule has 19 heavy (non-hydrogen) atoms. The Balaban J connectivity index is 2.41. The summed E-state index contributed by atoms with van der Waals surface area (Å²) in [6, 6.07) is 20.1. The predicted octanol–water partition coefficient (Wildman–Crippen LogP) is 3.51. The third-order valence-electron chi connectivity index (χ3n) is 3.40. The fraction of sp³-hybridized carbons (Fsp3) is 0. The molecule has 0 spiro atoms. The largest absolute Gasteiger partial charge is 0.291 e. The Hall–Kier alpha value is -2.86. The average molecular weight is 243 g/mol. The van der Waals surface area contributed by atoms with Gasteiger partial charge in [-0.3, -0.25) is 4.40 Å². The number of aromatic nitrogens is 2. The Kier molecular flexibility index (Phi) is 1.89. The van der Waals surface area contributed by atoms with Gasteiger partial charge >= 0.3 is 0 Å². The van der Waals surface area contributed by atoms with Crippen LogP contribution in [0, 0.1) is 11.3 Å². The van der Waals surface area contributed by atoms with Crippen LogP contribution >= 0.6 is 0 Å². The highest BCUT2D eigenvalue weighted by atomic mass is 15.0. The highest BCUT2D eigenvalue weighted by Crippen LogP contribution is 2.25. The van der Waals surface area contributed by atoms with Crippen molar-refractivity contribution in [2.24, 2.45) is 0 Å². The minimum Gasteiger partial charge on any atom is -0.291 e. The Morgan fingerprint density at radius 3 is 2.53 bits per heavy atom. The Bertz CT molecular complexity index is 974. The van der Waals surface area contributed by atoms with E-state index >= 15 is 0 Å². The summed E-state index contributed by atoms with van der Waals surface area (Å²) in [5.74, 6) is 0. The van der Waals surface area contributed by atoms with Crippen molar-refractivity contribution in [3.8, 4) is 6.07 Å². The van der Waals surface area contributed by atoms with Crippen LogP contribution in [0.5, 0.6) is 0 Å². The monoisotopic (exact) mass is 243 g/mol. The fourth-order valence-electron chi connectivity index (χ4n) is 2.57. The minimum absolute atomic E-state index is 0.606. The van der Waals surface area contributed by atoms with E-state index in [0.717, 1.165) is 27.6 Å². The second-order valence-corrected chi connectivity index (χ2v) is 4.49. The normalized spacial score (nSPS) is 11.1. The van der Waals surface area contributed by atoms with Gasteiger partial charge in [-0.1, -0.05) is 30.3 Å². The van der Waals surface area contributed by atoms with Gasteiger partial charge in [-0.05, 0) is 24.3 Å². The summed E-state index contributed by atoms with van der Waals surface area (Å²) in [6.07, 6.45) is 0. The smallest absolute Gasteiger partial charge is 0.156 e. The van der Waals surface area contributed by atoms with Crippen LogP contribution in [0.2, 0.25) is 0 Å². The molecule has 0 amide bonds. The second-order valence-electron chi connectivity index (χ2n) is 4.49. The fourth-order valence-corrected chi connectivity index (χ4v) is 2.57. The zero-order chi connectivity index (χ0) is 12.8. The molecule has 0 saturated heterocycles. The Morgan fingerprint density at radius 1 is 0.947 bits per heavy atom. The zero-order valence-corrected chi connectivity index (χ0v) is 10.0. The molecule has 2 aromatic heterocycles. The van der Waals surface area contributed by atoms with Gasteiger partial charge in [0.2, 0.25) is 0 Å². The summed E-state index contributed by atoms with van der Waals surface area (Å²) in [5.41, 5.74) is 4.35. The molecule has 0 N–H and O–H groups in total. The van der Waals surface area contributed by atoms with Crippen LogP contribution in [-0.4, -0.2) is 9.38 Å². The number of benzene rings is 2. The summed E-state index contributed by atoms with van der Waals surface area (Å²) >= 11 is 0. The molecular weight excluding hydrogens is 234 g/mol. The molecule has 0 aliphatic heterocycles. The molecule has 88 valence electrons. The molecule has 0 fully saturated rings. The molecule has 2 heterocycles. The lowest BCUT2D eigenvalue weighted by atomic mass is 10.1. The van der Waals surface area contributed by atoms with Crippen molar-refractivity contribution in [1.82, 2.24) is 9.38 Å². The van der Waals surface area contributed by atoms with Crippen LogP contribution in [0.15, 0.2) is 54.6 Å². The lowest BCUT2D eigenvalue weighted by molar-refractivity contribution is 1.28. The lowest BCUT2D eigenvalue weighted by Crippen LogP contribution is -1.91. The second kappa shape index (κ2) is 3.56. The highest BCUT2D eigenvalue weighted by molar-refractivity contribution is 5.92. The molecule has 2 aromatic carbocycles. The van der Waals surface area contributed by atoms with Crippen molar-refractivity contribution < 1.29 is 0 Å². The number of hydrogen-bond acceptors (Lipinski definition) is 2. The van der Waals surface area contributed by atoms with E-state index in [1.807, 2.05) is 48.5 Å². The van der Waals surface area contributed by atoms with Gasteiger partial charge < -0.3 is 0 Å². The maximum Gasteiger partial charge on any atom is 0.156 e. The molecular formula is C16H9N3. The first-order chi connectivity index (χ1) is 9.38. The summed E-state index contributed by atoms with van der Waals surface area (Å²) < 4.78 is 2.06. The van der Waals surface area contributed by atoms with E-state index in [9.17, 15) is 5.26 Å². The molecule has 0 atom stereocenters. The summed E-state index contributed by atoms with van der Waals surface area (Å²) in [6.45, 7) is 0. The number of fused-ring (bicyclic) bond motifs is 5. The van der Waals surface area contributed by atoms with Gasteiger partial charge in [0.05, 0.1) is 22.1 Å². The molecule has 3 heteroatoms. The maximum atomic E-state index is 9.32. The molecule has 4 aromatic rings. The number of rotatable bonds is 0. The van der Waals surface area contributed by atoms with Crippen LogP contribution < -0.4 is 0 Å². The number of nitriles is 1. The standard InChI is InChI=1S/C16H9N3/c17-10-12-9-11-5-1-3-7-14(11)19-15-8-4-2-6-13(15)18-16(12)19/h1-9H. The first-order valence-corrected chi connectivity index (χ1v) is 6.07. The molecule has 0 radical (unpaired) electrons. The van der Waals surface area contributed by atoms with Gasteiger partial charge in [-0.25, -0.2) is 4.98 Å². The van der Waals surface area contributed by atoms with E-state index in [1.165, 1.54) is 0 Å². The molecule has 4 rings (SSSR count). The molecule has 0 unspecified atom stereocenters. The molecule has 0 bridgehead atoms. The van der Waals surface area contributed by atoms with Crippen molar-refractivity contribution in [3.63, 3.8) is 0 Å². The van der Waals surface area contributed by atoms with Crippen molar-refractivity contribution in [1.29, 1.82) is 5.26 Å². The van der Waals surface area contributed by atoms with Gasteiger partial charge in [0, 0.05) is 5.39 Å². The van der Waals surface area contributed by atoms with E-state index in [2.05, 4.69) is 21.5 Å². The summed E-state index contributed by atoms with van der Waals surface area (Å²) in [5, 5.41) is 10.4. The molecule has 0 saturated carbocycles. The predicted molar refractivity (Wildman–Crippen MR) is 74.9 cm³/mol. The van der Waals surface area contributed by atoms with Gasteiger partial charge in [-0.2, -0.15) is 5.26 Å². The van der Waals surface area contributed by atoms with E-state index in [4.69, 9.17) is 0 Å². The number of para-hydroxylation sites is 3. The van der Waals surface area contributed by atoms with Crippen LogP contribution in [0.3, 0.4) is 0 Å². The first-order valence-electron chi connectivity index (χ1n) is 6.07. The SMILES string of the molecule is N#Cc1cc2ccccc2n2c1nc1ccccc12. The van der Waals surface area contributed by atoms with Gasteiger partial charge in [-0.15, -0.1) is 0 Å².